The lowest BCUT2D eigenvalue weighted by Gasteiger charge is -2.14. The van der Waals surface area contributed by atoms with E-state index in [0.29, 0.717) is 6.07 Å². The molecule has 1 amide bonds. The minimum Gasteiger partial charge on any atom is -0.374 e. The number of carbonyl (C=O) groups excluding carboxylic acids is 1. The molecule has 2 rings (SSSR count). The SMILES string of the molecule is O=C(CNc1ccc(F)cc1F)Nc1ccccc1C(F)(F)F. The summed E-state index contributed by atoms with van der Waals surface area (Å²) in [6.07, 6.45) is -4.61. The van der Waals surface area contributed by atoms with E-state index < -0.39 is 41.5 Å². The maximum atomic E-state index is 13.4. The van der Waals surface area contributed by atoms with Crippen LogP contribution in [0.25, 0.3) is 0 Å². The molecular formula is C15H11F5N2O. The zero-order chi connectivity index (χ0) is 17.0. The number of hydrogen-bond acceptors (Lipinski definition) is 2. The van der Waals surface area contributed by atoms with Crippen molar-refractivity contribution in [2.75, 3.05) is 17.2 Å². The van der Waals surface area contributed by atoms with Crippen molar-refractivity contribution >= 4 is 17.3 Å². The van der Waals surface area contributed by atoms with Crippen LogP contribution in [0.15, 0.2) is 42.5 Å². The lowest BCUT2D eigenvalue weighted by molar-refractivity contribution is -0.137. The number of halogens is 5. The summed E-state index contributed by atoms with van der Waals surface area (Å²) in [6, 6.07) is 7.19. The summed E-state index contributed by atoms with van der Waals surface area (Å²) in [5, 5.41) is 4.48. The normalized spacial score (nSPS) is 11.2. The van der Waals surface area contributed by atoms with Crippen LogP contribution in [0.2, 0.25) is 0 Å². The number of anilines is 2. The molecule has 3 nitrogen and oxygen atoms in total. The number of nitrogens with one attached hydrogen (secondary N) is 2. The van der Waals surface area contributed by atoms with Crippen molar-refractivity contribution in [1.82, 2.24) is 0 Å². The zero-order valence-electron chi connectivity index (χ0n) is 11.5. The topological polar surface area (TPSA) is 41.1 Å². The standard InChI is InChI=1S/C15H11F5N2O/c16-9-5-6-13(11(17)7-9)21-8-14(23)22-12-4-2-1-3-10(12)15(18,19)20/h1-7,21H,8H2,(H,22,23). The van der Waals surface area contributed by atoms with Crippen molar-refractivity contribution in [3.05, 3.63) is 59.7 Å². The molecule has 8 heteroatoms. The van der Waals surface area contributed by atoms with Crippen molar-refractivity contribution in [1.29, 1.82) is 0 Å². The molecule has 0 atom stereocenters. The lowest BCUT2D eigenvalue weighted by Crippen LogP contribution is -2.23. The summed E-state index contributed by atoms with van der Waals surface area (Å²) in [6.45, 7) is -0.477. The second kappa shape index (κ2) is 6.64. The van der Waals surface area contributed by atoms with Crippen LogP contribution in [0.4, 0.5) is 33.3 Å². The molecule has 2 aromatic carbocycles. The van der Waals surface area contributed by atoms with E-state index in [1.165, 1.54) is 12.1 Å². The first-order chi connectivity index (χ1) is 10.8. The first kappa shape index (κ1) is 16.7. The number of carbonyl (C=O) groups is 1. The predicted molar refractivity (Wildman–Crippen MR) is 74.9 cm³/mol. The highest BCUT2D eigenvalue weighted by Crippen LogP contribution is 2.34. The molecule has 0 aliphatic carbocycles. The number of para-hydroxylation sites is 1. The average molecular weight is 330 g/mol. The zero-order valence-corrected chi connectivity index (χ0v) is 11.5. The predicted octanol–water partition coefficient (Wildman–Crippen LogP) is 4.03. The van der Waals surface area contributed by atoms with Gasteiger partial charge in [0.15, 0.2) is 0 Å². The fourth-order valence-electron chi connectivity index (χ4n) is 1.84. The fraction of sp³-hybridized carbons (Fsp3) is 0.133. The summed E-state index contributed by atoms with van der Waals surface area (Å²) < 4.78 is 64.5. The summed E-state index contributed by atoms with van der Waals surface area (Å²) in [7, 11) is 0. The number of alkyl halides is 3. The van der Waals surface area contributed by atoms with Gasteiger partial charge in [-0.1, -0.05) is 12.1 Å². The first-order valence-electron chi connectivity index (χ1n) is 6.42. The third-order valence-electron chi connectivity index (χ3n) is 2.88. The molecule has 2 aromatic rings. The molecule has 0 bridgehead atoms. The molecule has 0 radical (unpaired) electrons. The minimum absolute atomic E-state index is 0.134. The second-order valence-corrected chi connectivity index (χ2v) is 4.57. The molecule has 0 aromatic heterocycles. The van der Waals surface area contributed by atoms with Gasteiger partial charge in [0.05, 0.1) is 23.5 Å². The van der Waals surface area contributed by atoms with Crippen molar-refractivity contribution in [2.24, 2.45) is 0 Å². The summed E-state index contributed by atoms with van der Waals surface area (Å²) in [5.74, 6) is -2.49. The average Bonchev–Trinajstić information content (AvgIpc) is 2.46. The molecule has 0 unspecified atom stereocenters. The van der Waals surface area contributed by atoms with Crippen LogP contribution in [-0.2, 0) is 11.0 Å². The molecule has 122 valence electrons. The Morgan fingerprint density at radius 2 is 1.70 bits per heavy atom. The molecule has 0 aliphatic heterocycles. The van der Waals surface area contributed by atoms with Gasteiger partial charge in [0.25, 0.3) is 0 Å². The lowest BCUT2D eigenvalue weighted by atomic mass is 10.1. The molecule has 2 N–H and O–H groups in total. The van der Waals surface area contributed by atoms with Gasteiger partial charge in [-0.2, -0.15) is 13.2 Å². The van der Waals surface area contributed by atoms with E-state index in [1.54, 1.807) is 0 Å². The van der Waals surface area contributed by atoms with E-state index in [-0.39, 0.29) is 5.69 Å². The Morgan fingerprint density at radius 1 is 1.00 bits per heavy atom. The van der Waals surface area contributed by atoms with Gasteiger partial charge in [-0.05, 0) is 24.3 Å². The number of amides is 1. The van der Waals surface area contributed by atoms with Crippen LogP contribution >= 0.6 is 0 Å². The van der Waals surface area contributed by atoms with E-state index in [4.69, 9.17) is 0 Å². The van der Waals surface area contributed by atoms with Gasteiger partial charge in [-0.25, -0.2) is 8.78 Å². The Morgan fingerprint density at radius 3 is 2.35 bits per heavy atom. The van der Waals surface area contributed by atoms with Crippen LogP contribution in [0.1, 0.15) is 5.56 Å². The van der Waals surface area contributed by atoms with Gasteiger partial charge >= 0.3 is 6.18 Å². The van der Waals surface area contributed by atoms with Crippen molar-refractivity contribution in [3.8, 4) is 0 Å². The van der Waals surface area contributed by atoms with Crippen LogP contribution in [0, 0.1) is 11.6 Å². The molecule has 23 heavy (non-hydrogen) atoms. The maximum Gasteiger partial charge on any atom is 0.418 e. The quantitative estimate of drug-likeness (QED) is 0.831. The molecule has 0 aliphatic rings. The largest absolute Gasteiger partial charge is 0.418 e. The summed E-state index contributed by atoms with van der Waals surface area (Å²) >= 11 is 0. The Kier molecular flexibility index (Phi) is 4.83. The van der Waals surface area contributed by atoms with Crippen molar-refractivity contribution in [3.63, 3.8) is 0 Å². The monoisotopic (exact) mass is 330 g/mol. The van der Waals surface area contributed by atoms with E-state index >= 15 is 0 Å². The van der Waals surface area contributed by atoms with Crippen LogP contribution in [-0.4, -0.2) is 12.5 Å². The number of benzene rings is 2. The Bertz CT molecular complexity index is 715. The number of rotatable bonds is 4. The van der Waals surface area contributed by atoms with Gasteiger partial charge < -0.3 is 10.6 Å². The molecular weight excluding hydrogens is 319 g/mol. The van der Waals surface area contributed by atoms with Crippen LogP contribution in [0.3, 0.4) is 0 Å². The summed E-state index contributed by atoms with van der Waals surface area (Å²) in [5.41, 5.74) is -1.52. The maximum absolute atomic E-state index is 13.4. The fourth-order valence-corrected chi connectivity index (χ4v) is 1.84. The van der Waals surface area contributed by atoms with Gasteiger partial charge in [0.2, 0.25) is 5.91 Å². The molecule has 0 heterocycles. The van der Waals surface area contributed by atoms with E-state index in [0.717, 1.165) is 24.3 Å². The molecule has 0 saturated heterocycles. The third-order valence-corrected chi connectivity index (χ3v) is 2.88. The molecule has 0 saturated carbocycles. The van der Waals surface area contributed by atoms with E-state index in [2.05, 4.69) is 10.6 Å². The molecule has 0 fully saturated rings. The highest BCUT2D eigenvalue weighted by molar-refractivity contribution is 5.94. The third kappa shape index (κ3) is 4.41. The second-order valence-electron chi connectivity index (χ2n) is 4.57. The Hall–Kier alpha value is -2.64. The van der Waals surface area contributed by atoms with Crippen LogP contribution < -0.4 is 10.6 Å². The van der Waals surface area contributed by atoms with Gasteiger partial charge in [0, 0.05) is 6.07 Å². The van der Waals surface area contributed by atoms with Gasteiger partial charge in [0.1, 0.15) is 11.6 Å². The Labute approximate surface area is 128 Å². The smallest absolute Gasteiger partial charge is 0.374 e. The van der Waals surface area contributed by atoms with Crippen molar-refractivity contribution in [2.45, 2.75) is 6.18 Å². The highest BCUT2D eigenvalue weighted by Gasteiger charge is 2.33. The minimum atomic E-state index is -4.61. The summed E-state index contributed by atoms with van der Waals surface area (Å²) in [4.78, 5) is 11.7. The highest BCUT2D eigenvalue weighted by atomic mass is 19.4. The first-order valence-corrected chi connectivity index (χ1v) is 6.42. The van der Waals surface area contributed by atoms with Crippen molar-refractivity contribution < 1.29 is 26.7 Å². The van der Waals surface area contributed by atoms with Gasteiger partial charge in [-0.15, -0.1) is 0 Å². The Balaban J connectivity index is 2.03. The van der Waals surface area contributed by atoms with Crippen LogP contribution in [0.5, 0.6) is 0 Å². The van der Waals surface area contributed by atoms with E-state index in [9.17, 15) is 26.7 Å². The van der Waals surface area contributed by atoms with E-state index in [1.807, 2.05) is 0 Å². The molecule has 0 spiro atoms. The number of hydrogen-bond donors (Lipinski definition) is 2. The van der Waals surface area contributed by atoms with Gasteiger partial charge in [-0.3, -0.25) is 4.79 Å².